The minimum atomic E-state index is -4.75. The molecular weight excluding hydrogens is 460 g/mol. The highest BCUT2D eigenvalue weighted by Gasteiger charge is 2.37. The molecule has 164 valence electrons. The lowest BCUT2D eigenvalue weighted by Crippen LogP contribution is -2.21. The largest absolute Gasteiger partial charge is 0.462 e. The topological polar surface area (TPSA) is 96.0 Å². The highest BCUT2D eigenvalue weighted by molar-refractivity contribution is 6.42. The Morgan fingerprint density at radius 1 is 1.26 bits per heavy atom. The summed E-state index contributed by atoms with van der Waals surface area (Å²) in [7, 11) is 1.30. The van der Waals surface area contributed by atoms with Gasteiger partial charge in [0.05, 0.1) is 22.8 Å². The number of nitrogens with zero attached hydrogens (tertiary/aromatic N) is 4. The number of hydrogen-bond acceptors (Lipinski definition) is 7. The number of nitrogens with one attached hydrogen (secondary N) is 2. The van der Waals surface area contributed by atoms with Crippen LogP contribution in [0.3, 0.4) is 0 Å². The van der Waals surface area contributed by atoms with Crippen LogP contribution in [0.5, 0.6) is 0 Å². The van der Waals surface area contributed by atoms with E-state index in [1.54, 1.807) is 13.0 Å². The predicted molar refractivity (Wildman–Crippen MR) is 109 cm³/mol. The molecule has 0 aliphatic heterocycles. The molecule has 2 heterocycles. The van der Waals surface area contributed by atoms with Gasteiger partial charge in [-0.25, -0.2) is 9.78 Å². The third kappa shape index (κ3) is 5.00. The van der Waals surface area contributed by atoms with Crippen LogP contribution < -0.4 is 10.2 Å². The molecule has 0 radical (unpaired) electrons. The third-order valence-corrected chi connectivity index (χ3v) is 4.76. The number of halogens is 5. The second-order valence-electron chi connectivity index (χ2n) is 6.09. The molecule has 0 unspecified atom stereocenters. The Labute approximate surface area is 184 Å². The fraction of sp³-hybridized carbons (Fsp3) is 0.222. The predicted octanol–water partition coefficient (Wildman–Crippen LogP) is 5.21. The van der Waals surface area contributed by atoms with Gasteiger partial charge in [-0.1, -0.05) is 23.2 Å². The van der Waals surface area contributed by atoms with Crippen molar-refractivity contribution in [3.05, 3.63) is 51.8 Å². The summed E-state index contributed by atoms with van der Waals surface area (Å²) < 4.78 is 45.7. The van der Waals surface area contributed by atoms with E-state index in [0.29, 0.717) is 16.9 Å². The van der Waals surface area contributed by atoms with Crippen molar-refractivity contribution in [2.75, 3.05) is 23.9 Å². The van der Waals surface area contributed by atoms with Crippen LogP contribution >= 0.6 is 23.2 Å². The first kappa shape index (κ1) is 22.6. The van der Waals surface area contributed by atoms with Gasteiger partial charge >= 0.3 is 12.1 Å². The van der Waals surface area contributed by atoms with Crippen LogP contribution in [0.2, 0.25) is 10.0 Å². The monoisotopic (exact) mass is 474 g/mol. The molecular formula is C18H15Cl2F3N6O2. The molecule has 0 fully saturated rings. The molecule has 0 aliphatic rings. The Hall–Kier alpha value is -3.05. The number of aromatic amines is 1. The van der Waals surface area contributed by atoms with Crippen molar-refractivity contribution in [2.45, 2.75) is 13.1 Å². The first-order valence-corrected chi connectivity index (χ1v) is 9.48. The fourth-order valence-corrected chi connectivity index (χ4v) is 2.89. The molecule has 0 aliphatic carbocycles. The van der Waals surface area contributed by atoms with E-state index in [-0.39, 0.29) is 29.0 Å². The summed E-state index contributed by atoms with van der Waals surface area (Å²) in [6.45, 7) is 1.70. The summed E-state index contributed by atoms with van der Waals surface area (Å²) in [4.78, 5) is 20.9. The van der Waals surface area contributed by atoms with E-state index >= 15 is 0 Å². The fourth-order valence-electron chi connectivity index (χ4n) is 2.59. The zero-order chi connectivity index (χ0) is 22.8. The van der Waals surface area contributed by atoms with Crippen LogP contribution in [0, 0.1) is 0 Å². The van der Waals surface area contributed by atoms with Crippen molar-refractivity contribution in [2.24, 2.45) is 0 Å². The van der Waals surface area contributed by atoms with E-state index in [4.69, 9.17) is 27.9 Å². The number of alkyl halides is 3. The number of hydrogen-bond donors (Lipinski definition) is 2. The van der Waals surface area contributed by atoms with Gasteiger partial charge in [0.25, 0.3) is 0 Å². The Morgan fingerprint density at radius 3 is 2.65 bits per heavy atom. The summed E-state index contributed by atoms with van der Waals surface area (Å²) >= 11 is 11.8. The number of benzene rings is 1. The van der Waals surface area contributed by atoms with Gasteiger partial charge in [0.2, 0.25) is 5.95 Å². The van der Waals surface area contributed by atoms with Gasteiger partial charge in [0, 0.05) is 18.9 Å². The first-order valence-electron chi connectivity index (χ1n) is 8.72. The molecule has 3 aromatic rings. The summed E-state index contributed by atoms with van der Waals surface area (Å²) in [5, 5.41) is 9.56. The maximum atomic E-state index is 13.6. The molecule has 0 bridgehead atoms. The quantitative estimate of drug-likeness (QED) is 0.473. The molecule has 1 aromatic carbocycles. The summed E-state index contributed by atoms with van der Waals surface area (Å²) in [5.41, 5.74) is -0.745. The number of carbonyl (C=O) groups is 1. The number of aromatic nitrogens is 4. The Morgan fingerprint density at radius 2 is 2.00 bits per heavy atom. The lowest BCUT2D eigenvalue weighted by molar-refractivity contribution is -0.137. The highest BCUT2D eigenvalue weighted by atomic mass is 35.5. The Balaban J connectivity index is 2.03. The highest BCUT2D eigenvalue weighted by Crippen LogP contribution is 2.38. The van der Waals surface area contributed by atoms with Gasteiger partial charge in [0.1, 0.15) is 16.9 Å². The van der Waals surface area contributed by atoms with Crippen LogP contribution in [-0.2, 0) is 10.9 Å². The molecule has 0 saturated carbocycles. The smallest absolute Gasteiger partial charge is 0.421 e. The second kappa shape index (κ2) is 8.98. The Bertz CT molecular complexity index is 1110. The first-order chi connectivity index (χ1) is 14.6. The van der Waals surface area contributed by atoms with Crippen molar-refractivity contribution < 1.29 is 22.7 Å². The van der Waals surface area contributed by atoms with Crippen LogP contribution in [0.25, 0.3) is 0 Å². The average Bonchev–Trinajstić information content (AvgIpc) is 3.19. The lowest BCUT2D eigenvalue weighted by atomic mass is 10.2. The standard InChI is InChI=1S/C18H15Cl2F3N6O2/c1-3-31-16(30)10-7-25-28-14(10)29(2)15-11(18(21,22)23)8-24-17(27-15)26-9-4-5-12(19)13(20)6-9/h4-8H,3H2,1-2H3,(H,25,28)(H,24,26,27). The second-order valence-corrected chi connectivity index (χ2v) is 6.91. The van der Waals surface area contributed by atoms with Crippen molar-refractivity contribution in [3.63, 3.8) is 0 Å². The van der Waals surface area contributed by atoms with Crippen LogP contribution in [-0.4, -0.2) is 39.8 Å². The number of rotatable bonds is 6. The minimum Gasteiger partial charge on any atom is -0.462 e. The molecule has 0 atom stereocenters. The molecule has 2 aromatic heterocycles. The molecule has 8 nitrogen and oxygen atoms in total. The van der Waals surface area contributed by atoms with E-state index in [2.05, 4.69) is 25.5 Å². The van der Waals surface area contributed by atoms with Gasteiger partial charge in [0.15, 0.2) is 5.82 Å². The maximum absolute atomic E-state index is 13.6. The van der Waals surface area contributed by atoms with Crippen LogP contribution in [0.1, 0.15) is 22.8 Å². The van der Waals surface area contributed by atoms with E-state index in [1.165, 1.54) is 19.2 Å². The van der Waals surface area contributed by atoms with Gasteiger partial charge in [-0.3, -0.25) is 5.10 Å². The third-order valence-electron chi connectivity index (χ3n) is 4.02. The van der Waals surface area contributed by atoms with E-state index in [1.807, 2.05) is 0 Å². The molecule has 13 heteroatoms. The Kier molecular flexibility index (Phi) is 6.56. The van der Waals surface area contributed by atoms with Gasteiger partial charge < -0.3 is 15.0 Å². The van der Waals surface area contributed by atoms with Crippen molar-refractivity contribution in [1.29, 1.82) is 0 Å². The molecule has 31 heavy (non-hydrogen) atoms. The lowest BCUT2D eigenvalue weighted by Gasteiger charge is -2.22. The van der Waals surface area contributed by atoms with E-state index < -0.39 is 23.5 Å². The van der Waals surface area contributed by atoms with Crippen molar-refractivity contribution in [3.8, 4) is 0 Å². The molecule has 0 saturated heterocycles. The van der Waals surface area contributed by atoms with Crippen molar-refractivity contribution in [1.82, 2.24) is 20.2 Å². The van der Waals surface area contributed by atoms with Crippen molar-refractivity contribution >= 4 is 52.4 Å². The number of esters is 1. The SMILES string of the molecule is CCOC(=O)c1cn[nH]c1N(C)c1nc(Nc2ccc(Cl)c(Cl)c2)ncc1C(F)(F)F. The van der Waals surface area contributed by atoms with Gasteiger partial charge in [-0.2, -0.15) is 23.3 Å². The average molecular weight is 475 g/mol. The summed E-state index contributed by atoms with van der Waals surface area (Å²) in [6, 6.07) is 4.55. The van der Waals surface area contributed by atoms with Crippen LogP contribution in [0.15, 0.2) is 30.6 Å². The number of carbonyl (C=O) groups excluding carboxylic acids is 1. The molecule has 3 rings (SSSR count). The summed E-state index contributed by atoms with van der Waals surface area (Å²) in [5.74, 6) is -1.41. The zero-order valence-electron chi connectivity index (χ0n) is 16.1. The summed E-state index contributed by atoms with van der Waals surface area (Å²) in [6.07, 6.45) is -2.96. The van der Waals surface area contributed by atoms with Gasteiger partial charge in [-0.05, 0) is 25.1 Å². The molecule has 2 N–H and O–H groups in total. The normalized spacial score (nSPS) is 11.3. The zero-order valence-corrected chi connectivity index (χ0v) is 17.6. The minimum absolute atomic E-state index is 0.0249. The van der Waals surface area contributed by atoms with Gasteiger partial charge in [-0.15, -0.1) is 0 Å². The van der Waals surface area contributed by atoms with Crippen LogP contribution in [0.4, 0.5) is 36.4 Å². The maximum Gasteiger partial charge on any atom is 0.421 e. The number of ether oxygens (including phenoxy) is 1. The molecule has 0 amide bonds. The number of H-pyrrole nitrogens is 1. The van der Waals surface area contributed by atoms with E-state index in [9.17, 15) is 18.0 Å². The van der Waals surface area contributed by atoms with E-state index in [0.717, 1.165) is 11.1 Å². The molecule has 0 spiro atoms. The number of anilines is 4.